The third-order valence-electron chi connectivity index (χ3n) is 1.57. The summed E-state index contributed by atoms with van der Waals surface area (Å²) in [6.07, 6.45) is 0.237. The maximum atomic E-state index is 11.0. The molecule has 0 bridgehead atoms. The van der Waals surface area contributed by atoms with E-state index in [-0.39, 0.29) is 5.91 Å². The van der Waals surface area contributed by atoms with Crippen molar-refractivity contribution in [2.45, 2.75) is 20.3 Å². The number of alkyl carbamates (subject to hydrolysis) is 1. The lowest BCUT2D eigenvalue weighted by molar-refractivity contribution is -0.117. The van der Waals surface area contributed by atoms with Crippen LogP contribution in [-0.4, -0.2) is 31.7 Å². The lowest BCUT2D eigenvalue weighted by atomic mass is 10.3. The lowest BCUT2D eigenvalue weighted by Gasteiger charge is -2.06. The maximum Gasteiger partial charge on any atom is 0.407 e. The van der Waals surface area contributed by atoms with Gasteiger partial charge in [-0.2, -0.15) is 0 Å². The number of nitrogens with one attached hydrogen (secondary N) is 2. The van der Waals surface area contributed by atoms with Gasteiger partial charge in [0.25, 0.3) is 0 Å². The molecule has 0 radical (unpaired) electrons. The Morgan fingerprint density at radius 1 is 1.27 bits per heavy atom. The Bertz CT molecular complexity index is 239. The van der Waals surface area contributed by atoms with Gasteiger partial charge < -0.3 is 15.4 Å². The fourth-order valence-corrected chi connectivity index (χ4v) is 0.814. The third kappa shape index (κ3) is 7.54. The highest BCUT2D eigenvalue weighted by Gasteiger charge is 2.01. The third-order valence-corrected chi connectivity index (χ3v) is 1.57. The second kappa shape index (κ2) is 7.84. The van der Waals surface area contributed by atoms with E-state index in [2.05, 4.69) is 21.9 Å². The highest BCUT2D eigenvalue weighted by Crippen LogP contribution is 1.85. The van der Waals surface area contributed by atoms with Crippen molar-refractivity contribution in [3.8, 4) is 0 Å². The van der Waals surface area contributed by atoms with E-state index in [0.29, 0.717) is 31.7 Å². The summed E-state index contributed by atoms with van der Waals surface area (Å²) < 4.78 is 4.66. The predicted molar refractivity (Wildman–Crippen MR) is 57.5 cm³/mol. The van der Waals surface area contributed by atoms with E-state index >= 15 is 0 Å². The number of ether oxygens (including phenoxy) is 1. The highest BCUT2D eigenvalue weighted by atomic mass is 16.5. The van der Waals surface area contributed by atoms with Gasteiger partial charge in [-0.25, -0.2) is 4.79 Å². The minimum atomic E-state index is -0.427. The summed E-state index contributed by atoms with van der Waals surface area (Å²) in [5.74, 6) is -0.161. The van der Waals surface area contributed by atoms with Crippen LogP contribution in [0.1, 0.15) is 20.3 Å². The molecule has 15 heavy (non-hydrogen) atoms. The maximum absolute atomic E-state index is 11.0. The van der Waals surface area contributed by atoms with Crippen LogP contribution in [0.3, 0.4) is 0 Å². The molecule has 0 aromatic carbocycles. The fourth-order valence-electron chi connectivity index (χ4n) is 0.814. The molecule has 0 aliphatic heterocycles. The molecule has 0 rings (SSSR count). The number of hydrogen-bond acceptors (Lipinski definition) is 3. The molecule has 86 valence electrons. The van der Waals surface area contributed by atoms with E-state index in [1.807, 2.05) is 0 Å². The summed E-state index contributed by atoms with van der Waals surface area (Å²) in [7, 11) is 0. The topological polar surface area (TPSA) is 67.4 Å². The zero-order chi connectivity index (χ0) is 11.7. The molecule has 2 N–H and O–H groups in total. The normalized spacial score (nSPS) is 9.20. The SMILES string of the molecule is C=C(C)C(=O)NCCCNC(=O)OCC. The van der Waals surface area contributed by atoms with Crippen LogP contribution in [0.2, 0.25) is 0 Å². The van der Waals surface area contributed by atoms with E-state index in [9.17, 15) is 9.59 Å². The average molecular weight is 214 g/mol. The first kappa shape index (κ1) is 13.5. The molecule has 0 heterocycles. The van der Waals surface area contributed by atoms with Crippen LogP contribution >= 0.6 is 0 Å². The summed E-state index contributed by atoms with van der Waals surface area (Å²) in [6, 6.07) is 0. The van der Waals surface area contributed by atoms with Gasteiger partial charge >= 0.3 is 6.09 Å². The van der Waals surface area contributed by atoms with Gasteiger partial charge in [-0.15, -0.1) is 0 Å². The van der Waals surface area contributed by atoms with Crippen LogP contribution < -0.4 is 10.6 Å². The summed E-state index contributed by atoms with van der Waals surface area (Å²) >= 11 is 0. The zero-order valence-electron chi connectivity index (χ0n) is 9.26. The van der Waals surface area contributed by atoms with Crippen LogP contribution in [0.25, 0.3) is 0 Å². The minimum absolute atomic E-state index is 0.161. The molecule has 5 heteroatoms. The molecule has 0 aromatic heterocycles. The molecule has 0 saturated heterocycles. The van der Waals surface area contributed by atoms with Crippen molar-refractivity contribution in [1.29, 1.82) is 0 Å². The molecule has 2 amide bonds. The van der Waals surface area contributed by atoms with Gasteiger partial charge in [-0.1, -0.05) is 6.58 Å². The zero-order valence-corrected chi connectivity index (χ0v) is 9.26. The van der Waals surface area contributed by atoms with Gasteiger partial charge in [0.15, 0.2) is 0 Å². The summed E-state index contributed by atoms with van der Waals surface area (Å²) in [5, 5.41) is 5.21. The molecular weight excluding hydrogens is 196 g/mol. The standard InChI is InChI=1S/C10H18N2O3/c1-4-15-10(14)12-7-5-6-11-9(13)8(2)3/h2,4-7H2,1,3H3,(H,11,13)(H,12,14). The van der Waals surface area contributed by atoms with Crippen molar-refractivity contribution in [3.63, 3.8) is 0 Å². The van der Waals surface area contributed by atoms with Gasteiger partial charge in [0.2, 0.25) is 5.91 Å². The Balaban J connectivity index is 3.36. The molecule has 0 spiro atoms. The van der Waals surface area contributed by atoms with Gasteiger partial charge in [0.1, 0.15) is 0 Å². The second-order valence-corrected chi connectivity index (χ2v) is 3.04. The van der Waals surface area contributed by atoms with E-state index in [1.165, 1.54) is 0 Å². The lowest BCUT2D eigenvalue weighted by Crippen LogP contribution is -2.30. The largest absolute Gasteiger partial charge is 0.450 e. The molecule has 5 nitrogen and oxygen atoms in total. The van der Waals surface area contributed by atoms with Crippen molar-refractivity contribution in [1.82, 2.24) is 10.6 Å². The Morgan fingerprint density at radius 2 is 1.87 bits per heavy atom. The van der Waals surface area contributed by atoms with Crippen molar-refractivity contribution in [3.05, 3.63) is 12.2 Å². The first-order valence-electron chi connectivity index (χ1n) is 4.92. The summed E-state index contributed by atoms with van der Waals surface area (Å²) in [4.78, 5) is 21.8. The van der Waals surface area contributed by atoms with Gasteiger partial charge in [-0.3, -0.25) is 4.79 Å². The first-order chi connectivity index (χ1) is 7.07. The molecule has 0 aromatic rings. The Kier molecular flexibility index (Phi) is 7.05. The van der Waals surface area contributed by atoms with E-state index < -0.39 is 6.09 Å². The molecular formula is C10H18N2O3. The van der Waals surface area contributed by atoms with Gasteiger partial charge in [0, 0.05) is 18.7 Å². The summed E-state index contributed by atoms with van der Waals surface area (Å²) in [5.41, 5.74) is 0.480. The molecule has 0 aliphatic carbocycles. The monoisotopic (exact) mass is 214 g/mol. The van der Waals surface area contributed by atoms with Crippen LogP contribution in [-0.2, 0) is 9.53 Å². The van der Waals surface area contributed by atoms with Gasteiger partial charge in [-0.05, 0) is 20.3 Å². The summed E-state index contributed by atoms with van der Waals surface area (Å²) in [6.45, 7) is 8.25. The first-order valence-corrected chi connectivity index (χ1v) is 4.92. The van der Waals surface area contributed by atoms with E-state index in [0.717, 1.165) is 0 Å². The Labute approximate surface area is 89.9 Å². The van der Waals surface area contributed by atoms with Crippen LogP contribution in [0, 0.1) is 0 Å². The highest BCUT2D eigenvalue weighted by molar-refractivity contribution is 5.91. The predicted octanol–water partition coefficient (Wildman–Crippen LogP) is 0.815. The second-order valence-electron chi connectivity index (χ2n) is 3.04. The van der Waals surface area contributed by atoms with E-state index in [1.54, 1.807) is 13.8 Å². The van der Waals surface area contributed by atoms with Crippen molar-refractivity contribution in [2.24, 2.45) is 0 Å². The molecule has 0 saturated carbocycles. The van der Waals surface area contributed by atoms with Crippen molar-refractivity contribution < 1.29 is 14.3 Å². The number of hydrogen-bond donors (Lipinski definition) is 2. The molecule has 0 aliphatic rings. The Morgan fingerprint density at radius 3 is 2.40 bits per heavy atom. The number of carbonyl (C=O) groups excluding carboxylic acids is 2. The van der Waals surface area contributed by atoms with Crippen LogP contribution in [0.5, 0.6) is 0 Å². The van der Waals surface area contributed by atoms with Gasteiger partial charge in [0.05, 0.1) is 6.61 Å². The molecule has 0 atom stereocenters. The number of carbonyl (C=O) groups is 2. The quantitative estimate of drug-likeness (QED) is 0.508. The number of rotatable bonds is 6. The smallest absolute Gasteiger partial charge is 0.407 e. The number of amides is 2. The molecule has 0 unspecified atom stereocenters. The van der Waals surface area contributed by atoms with E-state index in [4.69, 9.17) is 0 Å². The average Bonchev–Trinajstić information content (AvgIpc) is 2.17. The minimum Gasteiger partial charge on any atom is -0.450 e. The van der Waals surface area contributed by atoms with Crippen molar-refractivity contribution in [2.75, 3.05) is 19.7 Å². The fraction of sp³-hybridized carbons (Fsp3) is 0.600. The van der Waals surface area contributed by atoms with Crippen molar-refractivity contribution >= 4 is 12.0 Å². The molecule has 0 fully saturated rings. The van der Waals surface area contributed by atoms with Crippen LogP contribution in [0.15, 0.2) is 12.2 Å². The van der Waals surface area contributed by atoms with Crippen LogP contribution in [0.4, 0.5) is 4.79 Å². The Hall–Kier alpha value is -1.52.